The van der Waals surface area contributed by atoms with Crippen LogP contribution in [0.5, 0.6) is 0 Å². The monoisotopic (exact) mass is 266 g/mol. The molecule has 1 amide bonds. The minimum atomic E-state index is 0.361. The van der Waals surface area contributed by atoms with Crippen LogP contribution >= 0.6 is 0 Å². The SMILES string of the molecule is CCN(CC(=O)N1CCCCC1C)C1CCCCC1. The number of amides is 1. The Morgan fingerprint density at radius 1 is 1.11 bits per heavy atom. The highest BCUT2D eigenvalue weighted by molar-refractivity contribution is 5.78. The summed E-state index contributed by atoms with van der Waals surface area (Å²) in [6, 6.07) is 1.11. The molecule has 0 N–H and O–H groups in total. The Balaban J connectivity index is 1.87. The van der Waals surface area contributed by atoms with Crippen molar-refractivity contribution in [3.63, 3.8) is 0 Å². The third-order valence-electron chi connectivity index (χ3n) is 4.96. The Labute approximate surface area is 118 Å². The first kappa shape index (κ1) is 14.8. The lowest BCUT2D eigenvalue weighted by molar-refractivity contribution is -0.136. The van der Waals surface area contributed by atoms with E-state index in [1.54, 1.807) is 0 Å². The molecule has 1 saturated heterocycles. The van der Waals surface area contributed by atoms with Gasteiger partial charge in [-0.15, -0.1) is 0 Å². The molecule has 1 aliphatic carbocycles. The predicted octanol–water partition coefficient (Wildman–Crippen LogP) is 3.04. The van der Waals surface area contributed by atoms with Crippen LogP contribution in [0.2, 0.25) is 0 Å². The second-order valence-corrected chi connectivity index (χ2v) is 6.29. The van der Waals surface area contributed by atoms with E-state index in [2.05, 4.69) is 23.6 Å². The summed E-state index contributed by atoms with van der Waals surface area (Å²) in [6.07, 6.45) is 10.3. The van der Waals surface area contributed by atoms with Crippen LogP contribution in [0.1, 0.15) is 65.2 Å². The van der Waals surface area contributed by atoms with Gasteiger partial charge in [-0.25, -0.2) is 0 Å². The zero-order valence-corrected chi connectivity index (χ0v) is 12.7. The lowest BCUT2D eigenvalue weighted by Crippen LogP contribution is -2.49. The average Bonchev–Trinajstić information content (AvgIpc) is 2.46. The number of hydrogen-bond donors (Lipinski definition) is 0. The predicted molar refractivity (Wildman–Crippen MR) is 79.1 cm³/mol. The van der Waals surface area contributed by atoms with Crippen molar-refractivity contribution in [1.29, 1.82) is 0 Å². The van der Waals surface area contributed by atoms with Gasteiger partial charge in [-0.3, -0.25) is 9.69 Å². The van der Waals surface area contributed by atoms with Gasteiger partial charge in [0.2, 0.25) is 5.91 Å². The zero-order valence-electron chi connectivity index (χ0n) is 12.7. The molecule has 110 valence electrons. The number of likely N-dealkylation sites (tertiary alicyclic amines) is 1. The van der Waals surface area contributed by atoms with Gasteiger partial charge < -0.3 is 4.90 Å². The Bertz CT molecular complexity index is 286. The van der Waals surface area contributed by atoms with Crippen LogP contribution in [-0.2, 0) is 4.79 Å². The van der Waals surface area contributed by atoms with Crippen molar-refractivity contribution in [3.8, 4) is 0 Å². The second kappa shape index (κ2) is 7.28. The summed E-state index contributed by atoms with van der Waals surface area (Å²) in [5.74, 6) is 0.361. The number of carbonyl (C=O) groups excluding carboxylic acids is 1. The maximum absolute atomic E-state index is 12.5. The average molecular weight is 266 g/mol. The van der Waals surface area contributed by atoms with Gasteiger partial charge in [0.05, 0.1) is 6.54 Å². The normalized spacial score (nSPS) is 25.8. The van der Waals surface area contributed by atoms with E-state index in [1.807, 2.05) is 0 Å². The summed E-state index contributed by atoms with van der Waals surface area (Å²) in [7, 11) is 0. The van der Waals surface area contributed by atoms with E-state index >= 15 is 0 Å². The Kier molecular flexibility index (Phi) is 5.68. The van der Waals surface area contributed by atoms with Crippen molar-refractivity contribution in [2.45, 2.75) is 77.3 Å². The molecule has 19 heavy (non-hydrogen) atoms. The maximum Gasteiger partial charge on any atom is 0.236 e. The highest BCUT2D eigenvalue weighted by Crippen LogP contribution is 2.23. The van der Waals surface area contributed by atoms with Crippen molar-refractivity contribution in [3.05, 3.63) is 0 Å². The minimum absolute atomic E-state index is 0.361. The van der Waals surface area contributed by atoms with Crippen LogP contribution in [0.25, 0.3) is 0 Å². The molecule has 3 heteroatoms. The van der Waals surface area contributed by atoms with E-state index in [4.69, 9.17) is 0 Å². The summed E-state index contributed by atoms with van der Waals surface area (Å²) in [5, 5.41) is 0. The molecule has 1 saturated carbocycles. The molecule has 0 spiro atoms. The number of hydrogen-bond acceptors (Lipinski definition) is 2. The molecule has 1 atom stereocenters. The topological polar surface area (TPSA) is 23.6 Å². The molecule has 0 radical (unpaired) electrons. The zero-order chi connectivity index (χ0) is 13.7. The van der Waals surface area contributed by atoms with Crippen LogP contribution in [0, 0.1) is 0 Å². The van der Waals surface area contributed by atoms with Gasteiger partial charge in [0, 0.05) is 18.6 Å². The van der Waals surface area contributed by atoms with Gasteiger partial charge in [-0.2, -0.15) is 0 Å². The molecule has 0 aromatic heterocycles. The maximum atomic E-state index is 12.5. The summed E-state index contributed by atoms with van der Waals surface area (Å²) >= 11 is 0. The molecular weight excluding hydrogens is 236 g/mol. The van der Waals surface area contributed by atoms with Gasteiger partial charge in [0.1, 0.15) is 0 Å². The quantitative estimate of drug-likeness (QED) is 0.781. The fraction of sp³-hybridized carbons (Fsp3) is 0.938. The smallest absolute Gasteiger partial charge is 0.236 e. The molecular formula is C16H30N2O. The van der Waals surface area contributed by atoms with Gasteiger partial charge in [0.15, 0.2) is 0 Å². The number of carbonyl (C=O) groups is 1. The van der Waals surface area contributed by atoms with Gasteiger partial charge >= 0.3 is 0 Å². The fourth-order valence-electron chi connectivity index (χ4n) is 3.68. The molecule has 0 aromatic carbocycles. The summed E-state index contributed by atoms with van der Waals surface area (Å²) in [4.78, 5) is 17.0. The standard InChI is InChI=1S/C16H30N2O/c1-3-17(15-10-5-4-6-11-15)13-16(19)18-12-8-7-9-14(18)2/h14-15H,3-13H2,1-2H3. The molecule has 2 fully saturated rings. The molecule has 0 aromatic rings. The summed E-state index contributed by atoms with van der Waals surface area (Å²) in [5.41, 5.74) is 0. The van der Waals surface area contributed by atoms with Crippen molar-refractivity contribution in [1.82, 2.24) is 9.80 Å². The van der Waals surface area contributed by atoms with Crippen LogP contribution in [0.15, 0.2) is 0 Å². The Morgan fingerprint density at radius 2 is 1.79 bits per heavy atom. The molecule has 1 heterocycles. The van der Waals surface area contributed by atoms with E-state index in [0.717, 1.165) is 13.1 Å². The molecule has 0 bridgehead atoms. The largest absolute Gasteiger partial charge is 0.339 e. The number of rotatable bonds is 4. The van der Waals surface area contributed by atoms with E-state index in [9.17, 15) is 4.79 Å². The van der Waals surface area contributed by atoms with E-state index < -0.39 is 0 Å². The molecule has 2 rings (SSSR count). The van der Waals surface area contributed by atoms with Gasteiger partial charge in [-0.1, -0.05) is 26.2 Å². The van der Waals surface area contributed by atoms with E-state index in [1.165, 1.54) is 51.4 Å². The van der Waals surface area contributed by atoms with Crippen molar-refractivity contribution in [2.75, 3.05) is 19.6 Å². The highest BCUT2D eigenvalue weighted by Gasteiger charge is 2.27. The van der Waals surface area contributed by atoms with E-state index in [-0.39, 0.29) is 0 Å². The third-order valence-corrected chi connectivity index (χ3v) is 4.96. The van der Waals surface area contributed by atoms with Gasteiger partial charge in [-0.05, 0) is 45.6 Å². The first-order chi connectivity index (χ1) is 9.22. The summed E-state index contributed by atoms with van der Waals surface area (Å²) < 4.78 is 0. The first-order valence-corrected chi connectivity index (χ1v) is 8.26. The number of piperidine rings is 1. The fourth-order valence-corrected chi connectivity index (χ4v) is 3.68. The van der Waals surface area contributed by atoms with Crippen molar-refractivity contribution < 1.29 is 4.79 Å². The number of likely N-dealkylation sites (N-methyl/N-ethyl adjacent to an activating group) is 1. The van der Waals surface area contributed by atoms with Crippen molar-refractivity contribution >= 4 is 5.91 Å². The lowest BCUT2D eigenvalue weighted by Gasteiger charge is -2.38. The van der Waals surface area contributed by atoms with Crippen LogP contribution < -0.4 is 0 Å². The molecule has 2 aliphatic rings. The third kappa shape index (κ3) is 3.95. The van der Waals surface area contributed by atoms with Gasteiger partial charge in [0.25, 0.3) is 0 Å². The minimum Gasteiger partial charge on any atom is -0.339 e. The second-order valence-electron chi connectivity index (χ2n) is 6.29. The first-order valence-electron chi connectivity index (χ1n) is 8.26. The summed E-state index contributed by atoms with van der Waals surface area (Å²) in [6.45, 7) is 7.03. The molecule has 1 unspecified atom stereocenters. The Morgan fingerprint density at radius 3 is 2.42 bits per heavy atom. The lowest BCUT2D eigenvalue weighted by atomic mass is 9.94. The van der Waals surface area contributed by atoms with Crippen molar-refractivity contribution in [2.24, 2.45) is 0 Å². The van der Waals surface area contributed by atoms with Crippen LogP contribution in [0.3, 0.4) is 0 Å². The van der Waals surface area contributed by atoms with Crippen LogP contribution in [0.4, 0.5) is 0 Å². The molecule has 3 nitrogen and oxygen atoms in total. The molecule has 1 aliphatic heterocycles. The highest BCUT2D eigenvalue weighted by atomic mass is 16.2. The van der Waals surface area contributed by atoms with Crippen LogP contribution in [-0.4, -0.2) is 47.4 Å². The Hall–Kier alpha value is -0.570. The van der Waals surface area contributed by atoms with E-state index in [0.29, 0.717) is 24.5 Å². The number of nitrogens with zero attached hydrogens (tertiary/aromatic N) is 2.